The van der Waals surface area contributed by atoms with Crippen LogP contribution < -0.4 is 5.32 Å². The van der Waals surface area contributed by atoms with E-state index in [9.17, 15) is 18.4 Å². The van der Waals surface area contributed by atoms with Gasteiger partial charge in [0.1, 0.15) is 0 Å². The van der Waals surface area contributed by atoms with Crippen molar-refractivity contribution < 1.29 is 18.4 Å². The lowest BCUT2D eigenvalue weighted by Crippen LogP contribution is -2.40. The van der Waals surface area contributed by atoms with Crippen molar-refractivity contribution in [1.29, 1.82) is 0 Å². The number of hydrogen-bond donors (Lipinski definition) is 1. The Morgan fingerprint density at radius 2 is 2.17 bits per heavy atom. The first-order chi connectivity index (χ1) is 11.2. The molecule has 1 fully saturated rings. The van der Waals surface area contributed by atoms with Gasteiger partial charge in [0.25, 0.3) is 11.8 Å². The van der Waals surface area contributed by atoms with Gasteiger partial charge in [-0.2, -0.15) is 0 Å². The number of alkyl halides is 2. The molecule has 2 heterocycles. The third kappa shape index (κ3) is 4.87. The van der Waals surface area contributed by atoms with Crippen molar-refractivity contribution in [2.24, 2.45) is 5.92 Å². The quantitative estimate of drug-likeness (QED) is 0.878. The van der Waals surface area contributed by atoms with Crippen molar-refractivity contribution in [3.8, 4) is 0 Å². The number of carbonyl (C=O) groups is 2. The number of hydrogen-bond acceptors (Lipinski definition) is 3. The van der Waals surface area contributed by atoms with Crippen LogP contribution >= 0.6 is 11.6 Å². The predicted octanol–water partition coefficient (Wildman–Crippen LogP) is 2.53. The van der Waals surface area contributed by atoms with Crippen LogP contribution in [0.5, 0.6) is 0 Å². The molecule has 0 saturated carbocycles. The van der Waals surface area contributed by atoms with E-state index in [0.29, 0.717) is 12.3 Å². The second kappa shape index (κ2) is 7.42. The molecule has 0 aliphatic carbocycles. The molecule has 0 atom stereocenters. The number of halogens is 3. The number of nitrogens with one attached hydrogen (secondary N) is 1. The summed E-state index contributed by atoms with van der Waals surface area (Å²) in [6, 6.07) is 1.59. The Balaban J connectivity index is 1.96. The van der Waals surface area contributed by atoms with E-state index in [2.05, 4.69) is 10.3 Å². The molecule has 1 aromatic rings. The zero-order chi connectivity index (χ0) is 17.9. The average Bonchev–Trinajstić information content (AvgIpc) is 2.86. The van der Waals surface area contributed by atoms with Crippen molar-refractivity contribution in [3.63, 3.8) is 0 Å². The molecule has 0 bridgehead atoms. The maximum Gasteiger partial charge on any atom is 0.267 e. The topological polar surface area (TPSA) is 62.3 Å². The van der Waals surface area contributed by atoms with Crippen molar-refractivity contribution in [2.75, 3.05) is 19.6 Å². The Hall–Kier alpha value is -1.76. The second-order valence-electron chi connectivity index (χ2n) is 6.36. The maximum absolute atomic E-state index is 13.1. The van der Waals surface area contributed by atoms with Gasteiger partial charge in [-0.05, 0) is 18.4 Å². The smallest absolute Gasteiger partial charge is 0.267 e. The van der Waals surface area contributed by atoms with Crippen LogP contribution in [0.15, 0.2) is 12.3 Å². The Kier molecular flexibility index (Phi) is 5.74. The number of carbonyl (C=O) groups excluding carboxylic acids is 2. The van der Waals surface area contributed by atoms with Crippen LogP contribution in [-0.4, -0.2) is 47.3 Å². The van der Waals surface area contributed by atoms with Crippen LogP contribution in [0.1, 0.15) is 36.3 Å². The minimum absolute atomic E-state index is 0.00372. The largest absolute Gasteiger partial charge is 0.343 e. The molecule has 1 aliphatic rings. The molecule has 0 radical (unpaired) electrons. The first-order valence-electron chi connectivity index (χ1n) is 7.76. The summed E-state index contributed by atoms with van der Waals surface area (Å²) in [6.45, 7) is 3.11. The van der Waals surface area contributed by atoms with Crippen LogP contribution in [0.4, 0.5) is 8.78 Å². The van der Waals surface area contributed by atoms with E-state index < -0.39 is 24.3 Å². The van der Waals surface area contributed by atoms with Gasteiger partial charge in [-0.3, -0.25) is 14.6 Å². The van der Waals surface area contributed by atoms with Gasteiger partial charge in [0, 0.05) is 24.9 Å². The summed E-state index contributed by atoms with van der Waals surface area (Å²) >= 11 is 5.99. The van der Waals surface area contributed by atoms with E-state index in [1.807, 2.05) is 13.8 Å². The Labute approximate surface area is 144 Å². The highest BCUT2D eigenvalue weighted by molar-refractivity contribution is 6.33. The van der Waals surface area contributed by atoms with Crippen molar-refractivity contribution in [2.45, 2.75) is 32.6 Å². The maximum atomic E-state index is 13.1. The molecule has 8 heteroatoms. The number of aromatic nitrogens is 1. The van der Waals surface area contributed by atoms with E-state index in [0.717, 1.165) is 10.6 Å². The van der Waals surface area contributed by atoms with E-state index in [1.165, 1.54) is 6.20 Å². The standard InChI is InChI=1S/C16H20ClF2N3O2/c1-10(2)5-11-6-12(13(17)7-20-11)15(24)21-8-14(23)22-4-3-16(18,19)9-22/h6-7,10H,3-5,8-9H2,1-2H3,(H,21,24). The summed E-state index contributed by atoms with van der Waals surface area (Å²) in [7, 11) is 0. The zero-order valence-corrected chi connectivity index (χ0v) is 14.4. The Morgan fingerprint density at radius 1 is 1.46 bits per heavy atom. The first-order valence-corrected chi connectivity index (χ1v) is 8.14. The van der Waals surface area contributed by atoms with Gasteiger partial charge in [-0.25, -0.2) is 8.78 Å². The Bertz CT molecular complexity index is 638. The lowest BCUT2D eigenvalue weighted by Gasteiger charge is -2.16. The van der Waals surface area contributed by atoms with Gasteiger partial charge >= 0.3 is 0 Å². The van der Waals surface area contributed by atoms with E-state index >= 15 is 0 Å². The molecular formula is C16H20ClF2N3O2. The molecule has 1 N–H and O–H groups in total. The van der Waals surface area contributed by atoms with E-state index in [-0.39, 0.29) is 30.1 Å². The van der Waals surface area contributed by atoms with Crippen molar-refractivity contribution in [1.82, 2.24) is 15.2 Å². The number of rotatable bonds is 5. The summed E-state index contributed by atoms with van der Waals surface area (Å²) in [5.74, 6) is -3.53. The molecule has 24 heavy (non-hydrogen) atoms. The highest BCUT2D eigenvalue weighted by atomic mass is 35.5. The van der Waals surface area contributed by atoms with Gasteiger partial charge in [0.2, 0.25) is 5.91 Å². The van der Waals surface area contributed by atoms with Gasteiger partial charge < -0.3 is 10.2 Å². The number of amides is 2. The fourth-order valence-electron chi connectivity index (χ4n) is 2.50. The van der Waals surface area contributed by atoms with Crippen molar-refractivity contribution >= 4 is 23.4 Å². The molecule has 132 valence electrons. The molecule has 2 rings (SSSR count). The summed E-state index contributed by atoms with van der Waals surface area (Å²) < 4.78 is 26.2. The first kappa shape index (κ1) is 18.6. The van der Waals surface area contributed by atoms with Gasteiger partial charge in [-0.1, -0.05) is 25.4 Å². The fourth-order valence-corrected chi connectivity index (χ4v) is 2.69. The molecule has 1 saturated heterocycles. The molecule has 0 spiro atoms. The van der Waals surface area contributed by atoms with Gasteiger partial charge in [0.15, 0.2) is 0 Å². The van der Waals surface area contributed by atoms with E-state index in [4.69, 9.17) is 11.6 Å². The molecule has 0 unspecified atom stereocenters. The lowest BCUT2D eigenvalue weighted by molar-refractivity contribution is -0.130. The summed E-state index contributed by atoms with van der Waals surface area (Å²) in [5.41, 5.74) is 0.951. The summed E-state index contributed by atoms with van der Waals surface area (Å²) in [5, 5.41) is 2.62. The van der Waals surface area contributed by atoms with Crippen LogP contribution in [0, 0.1) is 5.92 Å². The molecular weight excluding hydrogens is 340 g/mol. The lowest BCUT2D eigenvalue weighted by atomic mass is 10.1. The highest BCUT2D eigenvalue weighted by Crippen LogP contribution is 2.26. The monoisotopic (exact) mass is 359 g/mol. The third-order valence-corrected chi connectivity index (χ3v) is 4.00. The molecule has 0 aromatic carbocycles. The Morgan fingerprint density at radius 3 is 2.75 bits per heavy atom. The second-order valence-corrected chi connectivity index (χ2v) is 6.76. The van der Waals surface area contributed by atoms with Crippen LogP contribution in [0.2, 0.25) is 5.02 Å². The van der Waals surface area contributed by atoms with Gasteiger partial charge in [0.05, 0.1) is 23.7 Å². The summed E-state index contributed by atoms with van der Waals surface area (Å²) in [6.07, 6.45) is 1.75. The fraction of sp³-hybridized carbons (Fsp3) is 0.562. The van der Waals surface area contributed by atoms with Gasteiger partial charge in [-0.15, -0.1) is 0 Å². The van der Waals surface area contributed by atoms with Crippen LogP contribution in [0.25, 0.3) is 0 Å². The molecule has 5 nitrogen and oxygen atoms in total. The summed E-state index contributed by atoms with van der Waals surface area (Å²) in [4.78, 5) is 29.3. The highest BCUT2D eigenvalue weighted by Gasteiger charge is 2.40. The SMILES string of the molecule is CC(C)Cc1cc(C(=O)NCC(=O)N2CCC(F)(F)C2)c(Cl)cn1. The molecule has 2 amide bonds. The van der Waals surface area contributed by atoms with Crippen LogP contribution in [0.3, 0.4) is 0 Å². The predicted molar refractivity (Wildman–Crippen MR) is 86.3 cm³/mol. The molecule has 1 aliphatic heterocycles. The number of pyridine rings is 1. The zero-order valence-electron chi connectivity index (χ0n) is 13.6. The minimum atomic E-state index is -2.85. The normalized spacial score (nSPS) is 16.5. The minimum Gasteiger partial charge on any atom is -0.343 e. The van der Waals surface area contributed by atoms with Crippen LogP contribution in [-0.2, 0) is 11.2 Å². The molecule has 1 aromatic heterocycles. The number of nitrogens with zero attached hydrogens (tertiary/aromatic N) is 2. The van der Waals surface area contributed by atoms with E-state index in [1.54, 1.807) is 6.07 Å². The number of likely N-dealkylation sites (tertiary alicyclic amines) is 1. The third-order valence-electron chi connectivity index (χ3n) is 3.70. The average molecular weight is 360 g/mol. The van der Waals surface area contributed by atoms with Crippen molar-refractivity contribution in [3.05, 3.63) is 28.5 Å².